The first-order valence-electron chi connectivity index (χ1n) is 9.40. The van der Waals surface area contributed by atoms with Crippen LogP contribution in [0.3, 0.4) is 0 Å². The number of aromatic nitrogens is 3. The van der Waals surface area contributed by atoms with E-state index in [1.807, 2.05) is 6.92 Å². The molecule has 0 aliphatic carbocycles. The fraction of sp³-hybridized carbons (Fsp3) is 0.250. The number of benzene rings is 1. The van der Waals surface area contributed by atoms with Gasteiger partial charge in [-0.05, 0) is 19.1 Å². The zero-order chi connectivity index (χ0) is 21.3. The van der Waals surface area contributed by atoms with Gasteiger partial charge in [0, 0.05) is 53.2 Å². The molecule has 0 amide bonds. The minimum atomic E-state index is -0.796. The number of pyridine rings is 1. The zero-order valence-electron chi connectivity index (χ0n) is 16.8. The molecule has 4 rings (SSSR count). The first kappa shape index (κ1) is 23.1. The van der Waals surface area contributed by atoms with Crippen LogP contribution in [0.5, 0.6) is 0 Å². The van der Waals surface area contributed by atoms with Gasteiger partial charge in [-0.2, -0.15) is 18.6 Å². The summed E-state index contributed by atoms with van der Waals surface area (Å²) in [6.45, 7) is 3.09. The van der Waals surface area contributed by atoms with Gasteiger partial charge in [0.15, 0.2) is 11.6 Å². The summed E-state index contributed by atoms with van der Waals surface area (Å²) in [5, 5.41) is 10.5. The summed E-state index contributed by atoms with van der Waals surface area (Å²) in [5.41, 5.74) is 8.54. The normalized spacial score (nSPS) is 14.2. The SMILES string of the molecule is Cc1[nH]nc(Nc2cc(N3CCS(=O)CC3)ncc2C(=O)c2ccccc2Cl)c1N.S. The smallest absolute Gasteiger partial charge is 0.198 e. The molecule has 8 nitrogen and oxygen atoms in total. The number of ketones is 1. The average Bonchev–Trinajstić information content (AvgIpc) is 3.06. The molecule has 0 radical (unpaired) electrons. The molecule has 31 heavy (non-hydrogen) atoms. The van der Waals surface area contributed by atoms with Crippen LogP contribution in [0.2, 0.25) is 5.02 Å². The maximum Gasteiger partial charge on any atom is 0.198 e. The van der Waals surface area contributed by atoms with Crippen molar-refractivity contribution < 1.29 is 9.00 Å². The Labute approximate surface area is 194 Å². The second-order valence-corrected chi connectivity index (χ2v) is 9.07. The molecule has 0 spiro atoms. The highest BCUT2D eigenvalue weighted by atomic mass is 35.5. The van der Waals surface area contributed by atoms with Crippen molar-refractivity contribution in [3.63, 3.8) is 0 Å². The summed E-state index contributed by atoms with van der Waals surface area (Å²) >= 11 is 6.24. The second kappa shape index (κ2) is 9.71. The fourth-order valence-corrected chi connectivity index (χ4v) is 4.49. The minimum Gasteiger partial charge on any atom is -0.394 e. The molecule has 3 heterocycles. The second-order valence-electron chi connectivity index (χ2n) is 6.97. The van der Waals surface area contributed by atoms with Crippen LogP contribution in [0.1, 0.15) is 21.6 Å². The van der Waals surface area contributed by atoms with E-state index < -0.39 is 10.8 Å². The van der Waals surface area contributed by atoms with Crippen molar-refractivity contribution in [2.75, 3.05) is 40.5 Å². The summed E-state index contributed by atoms with van der Waals surface area (Å²) in [4.78, 5) is 19.8. The molecule has 4 N–H and O–H groups in total. The van der Waals surface area contributed by atoms with Crippen molar-refractivity contribution in [2.24, 2.45) is 0 Å². The number of aryl methyl sites for hydroxylation is 1. The van der Waals surface area contributed by atoms with E-state index in [9.17, 15) is 9.00 Å². The van der Waals surface area contributed by atoms with Gasteiger partial charge in [-0.1, -0.05) is 23.7 Å². The molecule has 1 aliphatic heterocycles. The average molecular weight is 479 g/mol. The standard InChI is InChI=1S/C20H21ClN6O2S.H2S/c1-12-18(22)20(26-25-12)24-16-10-17(27-6-8-30(29)9-7-27)23-11-14(16)19(28)13-4-2-3-5-15(13)21;/h2-5,10-11H,6-9,22H2,1H3,(H2,23,24,25,26);1H2. The molecule has 0 unspecified atom stereocenters. The third-order valence-corrected chi connectivity index (χ3v) is 6.61. The lowest BCUT2D eigenvalue weighted by Gasteiger charge is -2.28. The number of rotatable bonds is 5. The van der Waals surface area contributed by atoms with Crippen molar-refractivity contribution in [1.29, 1.82) is 0 Å². The van der Waals surface area contributed by atoms with Crippen molar-refractivity contribution >= 4 is 64.7 Å². The quantitative estimate of drug-likeness (QED) is 0.482. The van der Waals surface area contributed by atoms with E-state index in [2.05, 4.69) is 25.4 Å². The predicted octanol–water partition coefficient (Wildman–Crippen LogP) is 3.00. The Kier molecular flexibility index (Phi) is 7.24. The van der Waals surface area contributed by atoms with Gasteiger partial charge >= 0.3 is 0 Å². The first-order valence-corrected chi connectivity index (χ1v) is 11.3. The monoisotopic (exact) mass is 478 g/mol. The molecule has 1 fully saturated rings. The molecule has 1 aromatic carbocycles. The highest BCUT2D eigenvalue weighted by molar-refractivity contribution is 7.85. The Balaban J connectivity index is 0.00000272. The maximum absolute atomic E-state index is 13.2. The van der Waals surface area contributed by atoms with Crippen molar-refractivity contribution in [2.45, 2.75) is 6.92 Å². The molecule has 11 heteroatoms. The third-order valence-electron chi connectivity index (χ3n) is 5.00. The van der Waals surface area contributed by atoms with Gasteiger partial charge in [-0.3, -0.25) is 14.1 Å². The highest BCUT2D eigenvalue weighted by Crippen LogP contribution is 2.30. The van der Waals surface area contributed by atoms with Crippen LogP contribution in [0.4, 0.5) is 23.0 Å². The Morgan fingerprint density at radius 2 is 1.97 bits per heavy atom. The number of halogens is 1. The summed E-state index contributed by atoms with van der Waals surface area (Å²) in [7, 11) is -0.796. The van der Waals surface area contributed by atoms with Gasteiger partial charge in [0.25, 0.3) is 0 Å². The lowest BCUT2D eigenvalue weighted by atomic mass is 10.0. The number of anilines is 4. The van der Waals surface area contributed by atoms with E-state index in [1.54, 1.807) is 30.3 Å². The van der Waals surface area contributed by atoms with Crippen LogP contribution < -0.4 is 16.0 Å². The molecule has 164 valence electrons. The molecule has 0 atom stereocenters. The number of carbonyl (C=O) groups is 1. The van der Waals surface area contributed by atoms with Crippen LogP contribution in [-0.2, 0) is 10.8 Å². The number of nitrogens with two attached hydrogens (primary N) is 1. The van der Waals surface area contributed by atoms with Gasteiger partial charge in [0.1, 0.15) is 5.82 Å². The molecule has 2 aromatic heterocycles. The molecule has 0 bridgehead atoms. The maximum atomic E-state index is 13.2. The Morgan fingerprint density at radius 3 is 2.61 bits per heavy atom. The highest BCUT2D eigenvalue weighted by Gasteiger charge is 2.22. The minimum absolute atomic E-state index is 0. The van der Waals surface area contributed by atoms with E-state index >= 15 is 0 Å². The Hall–Kier alpha value is -2.56. The summed E-state index contributed by atoms with van der Waals surface area (Å²) < 4.78 is 11.7. The van der Waals surface area contributed by atoms with Crippen molar-refractivity contribution in [3.8, 4) is 0 Å². The van der Waals surface area contributed by atoms with Gasteiger partial charge in [0.05, 0.1) is 27.7 Å². The van der Waals surface area contributed by atoms with Crippen LogP contribution in [-0.4, -0.2) is 49.8 Å². The Bertz CT molecular complexity index is 1130. The number of hydrogen-bond donors (Lipinski definition) is 3. The number of carbonyl (C=O) groups excluding carboxylic acids is 1. The van der Waals surface area contributed by atoms with E-state index in [0.717, 1.165) is 5.69 Å². The van der Waals surface area contributed by atoms with E-state index in [0.29, 0.717) is 63.8 Å². The lowest BCUT2D eigenvalue weighted by molar-refractivity contribution is 0.103. The number of H-pyrrole nitrogens is 1. The van der Waals surface area contributed by atoms with E-state index in [-0.39, 0.29) is 19.3 Å². The molecular weight excluding hydrogens is 456 g/mol. The summed E-state index contributed by atoms with van der Waals surface area (Å²) in [6.07, 6.45) is 1.53. The van der Waals surface area contributed by atoms with Crippen LogP contribution in [0.25, 0.3) is 0 Å². The number of aromatic amines is 1. The molecule has 1 saturated heterocycles. The van der Waals surface area contributed by atoms with Gasteiger partial charge in [-0.15, -0.1) is 0 Å². The van der Waals surface area contributed by atoms with E-state index in [1.165, 1.54) is 6.20 Å². The zero-order valence-corrected chi connectivity index (χ0v) is 19.4. The van der Waals surface area contributed by atoms with Gasteiger partial charge in [0.2, 0.25) is 0 Å². The topological polar surface area (TPSA) is 117 Å². The molecule has 1 aliphatic rings. The van der Waals surface area contributed by atoms with Crippen LogP contribution >= 0.6 is 25.1 Å². The molecule has 0 saturated carbocycles. The number of nitrogens with zero attached hydrogens (tertiary/aromatic N) is 3. The summed E-state index contributed by atoms with van der Waals surface area (Å²) in [5.74, 6) is 2.05. The predicted molar refractivity (Wildman–Crippen MR) is 131 cm³/mol. The Morgan fingerprint density at radius 1 is 1.26 bits per heavy atom. The first-order chi connectivity index (χ1) is 14.4. The number of hydrogen-bond acceptors (Lipinski definition) is 7. The number of nitrogen functional groups attached to an aromatic ring is 1. The van der Waals surface area contributed by atoms with Crippen LogP contribution in [0, 0.1) is 6.92 Å². The van der Waals surface area contributed by atoms with Gasteiger partial charge in [-0.25, -0.2) is 4.98 Å². The molecular formula is C20H23ClN6O2S2. The van der Waals surface area contributed by atoms with Crippen molar-refractivity contribution in [3.05, 3.63) is 58.4 Å². The van der Waals surface area contributed by atoms with Crippen molar-refractivity contribution in [1.82, 2.24) is 15.2 Å². The lowest BCUT2D eigenvalue weighted by Crippen LogP contribution is -2.38. The fourth-order valence-electron chi connectivity index (χ4n) is 3.22. The third kappa shape index (κ3) is 4.86. The number of nitrogens with one attached hydrogen (secondary N) is 2. The summed E-state index contributed by atoms with van der Waals surface area (Å²) in [6, 6.07) is 8.67. The van der Waals surface area contributed by atoms with E-state index in [4.69, 9.17) is 17.3 Å². The molecule has 3 aromatic rings. The van der Waals surface area contributed by atoms with Crippen LogP contribution in [0.15, 0.2) is 36.5 Å². The van der Waals surface area contributed by atoms with Gasteiger partial charge < -0.3 is 16.0 Å². The largest absolute Gasteiger partial charge is 0.394 e.